The SMILES string of the molecule is Brc1ccc(Br)nc1.CC(C)(C)c1ccc(-c2c3ccccc3c(B(O)O)c3ccccc23)cc1. The first-order valence-corrected chi connectivity index (χ1v) is 12.9. The van der Waals surface area contributed by atoms with E-state index >= 15 is 0 Å². The number of aromatic nitrogens is 1. The molecule has 0 aliphatic carbocycles. The summed E-state index contributed by atoms with van der Waals surface area (Å²) in [5.41, 5.74) is 4.23. The highest BCUT2D eigenvalue weighted by atomic mass is 79.9. The smallest absolute Gasteiger partial charge is 0.423 e. The van der Waals surface area contributed by atoms with Crippen LogP contribution in [0, 0.1) is 0 Å². The Morgan fingerprint density at radius 3 is 1.60 bits per heavy atom. The molecule has 35 heavy (non-hydrogen) atoms. The van der Waals surface area contributed by atoms with E-state index in [0.717, 1.165) is 41.7 Å². The van der Waals surface area contributed by atoms with Gasteiger partial charge >= 0.3 is 7.12 Å². The molecular weight excluding hydrogens is 565 g/mol. The van der Waals surface area contributed by atoms with E-state index < -0.39 is 7.12 Å². The summed E-state index contributed by atoms with van der Waals surface area (Å²) in [4.78, 5) is 3.95. The average Bonchev–Trinajstić information content (AvgIpc) is 2.84. The van der Waals surface area contributed by atoms with Gasteiger partial charge in [0.15, 0.2) is 0 Å². The molecule has 0 bridgehead atoms. The summed E-state index contributed by atoms with van der Waals surface area (Å²) >= 11 is 6.48. The van der Waals surface area contributed by atoms with Gasteiger partial charge in [-0.05, 0) is 93.1 Å². The first-order chi connectivity index (χ1) is 16.7. The standard InChI is InChI=1S/C24H23BO2.C5H3Br2N/c1-24(2,3)17-14-12-16(13-15-17)22-18-8-4-6-10-20(18)23(25(26)27)21-11-7-5-9-19(21)22;6-4-1-2-5(7)8-3-4/h4-15,26-27H,1-3H3;1-3H. The Morgan fingerprint density at radius 1 is 0.686 bits per heavy atom. The molecule has 0 aliphatic heterocycles. The molecule has 3 nitrogen and oxygen atoms in total. The number of pyridine rings is 1. The minimum Gasteiger partial charge on any atom is -0.423 e. The molecular formula is C29H26BBr2NO2. The van der Waals surface area contributed by atoms with Crippen molar-refractivity contribution in [1.82, 2.24) is 4.98 Å². The Kier molecular flexibility index (Phi) is 7.77. The largest absolute Gasteiger partial charge is 0.489 e. The van der Waals surface area contributed by atoms with Crippen molar-refractivity contribution in [2.75, 3.05) is 0 Å². The average molecular weight is 591 g/mol. The summed E-state index contributed by atoms with van der Waals surface area (Å²) in [6.07, 6.45) is 1.74. The van der Waals surface area contributed by atoms with Gasteiger partial charge in [-0.2, -0.15) is 0 Å². The fourth-order valence-electron chi connectivity index (χ4n) is 4.25. The first kappa shape index (κ1) is 25.6. The fraction of sp³-hybridized carbons (Fsp3) is 0.138. The molecule has 0 atom stereocenters. The number of hydrogen-bond acceptors (Lipinski definition) is 3. The molecule has 2 N–H and O–H groups in total. The molecule has 0 unspecified atom stereocenters. The molecule has 1 heterocycles. The van der Waals surface area contributed by atoms with Crippen molar-refractivity contribution in [2.45, 2.75) is 26.2 Å². The highest BCUT2D eigenvalue weighted by Gasteiger charge is 2.22. The zero-order valence-corrected chi connectivity index (χ0v) is 23.0. The highest BCUT2D eigenvalue weighted by molar-refractivity contribution is 9.11. The van der Waals surface area contributed by atoms with Crippen molar-refractivity contribution in [3.05, 3.63) is 106 Å². The van der Waals surface area contributed by atoms with E-state index in [0.29, 0.717) is 5.46 Å². The number of rotatable bonds is 2. The Bertz CT molecular complexity index is 1380. The lowest BCUT2D eigenvalue weighted by atomic mass is 9.72. The Balaban J connectivity index is 0.000000308. The zero-order chi connectivity index (χ0) is 25.2. The quantitative estimate of drug-likeness (QED) is 0.129. The molecule has 0 spiro atoms. The van der Waals surface area contributed by atoms with Crippen LogP contribution in [0.15, 0.2) is 100 Å². The van der Waals surface area contributed by atoms with Gasteiger partial charge < -0.3 is 10.0 Å². The van der Waals surface area contributed by atoms with Crippen LogP contribution >= 0.6 is 31.9 Å². The van der Waals surface area contributed by atoms with E-state index in [1.165, 1.54) is 5.56 Å². The molecule has 0 amide bonds. The number of hydrogen-bond donors (Lipinski definition) is 2. The summed E-state index contributed by atoms with van der Waals surface area (Å²) in [6.45, 7) is 6.64. The Morgan fingerprint density at radius 2 is 1.20 bits per heavy atom. The molecule has 0 radical (unpaired) electrons. The van der Waals surface area contributed by atoms with Gasteiger partial charge in [0.1, 0.15) is 4.60 Å². The van der Waals surface area contributed by atoms with Crippen LogP contribution in [0.4, 0.5) is 0 Å². The lowest BCUT2D eigenvalue weighted by Crippen LogP contribution is -2.31. The van der Waals surface area contributed by atoms with Crippen molar-refractivity contribution < 1.29 is 10.0 Å². The van der Waals surface area contributed by atoms with E-state index in [9.17, 15) is 10.0 Å². The van der Waals surface area contributed by atoms with Gasteiger partial charge in [0.05, 0.1) is 0 Å². The van der Waals surface area contributed by atoms with Crippen molar-refractivity contribution in [2.24, 2.45) is 0 Å². The number of nitrogens with zero attached hydrogens (tertiary/aromatic N) is 1. The second kappa shape index (κ2) is 10.6. The van der Waals surface area contributed by atoms with E-state index in [-0.39, 0.29) is 5.41 Å². The molecule has 0 saturated heterocycles. The summed E-state index contributed by atoms with van der Waals surface area (Å²) < 4.78 is 1.86. The van der Waals surface area contributed by atoms with Crippen molar-refractivity contribution in [3.8, 4) is 11.1 Å². The number of benzene rings is 4. The van der Waals surface area contributed by atoms with Gasteiger partial charge in [-0.1, -0.05) is 93.6 Å². The maximum absolute atomic E-state index is 10.1. The summed E-state index contributed by atoms with van der Waals surface area (Å²) in [7, 11) is -1.52. The molecule has 0 fully saturated rings. The van der Waals surface area contributed by atoms with Gasteiger partial charge in [-0.15, -0.1) is 0 Å². The van der Waals surface area contributed by atoms with Crippen LogP contribution in [0.25, 0.3) is 32.7 Å². The Hall–Kier alpha value is -2.51. The van der Waals surface area contributed by atoms with Crippen LogP contribution < -0.4 is 5.46 Å². The van der Waals surface area contributed by atoms with Crippen molar-refractivity contribution in [3.63, 3.8) is 0 Å². The van der Waals surface area contributed by atoms with Gasteiger partial charge in [-0.25, -0.2) is 4.98 Å². The lowest BCUT2D eigenvalue weighted by molar-refractivity contribution is 0.426. The second-order valence-corrected chi connectivity index (χ2v) is 11.1. The third-order valence-electron chi connectivity index (χ3n) is 5.96. The zero-order valence-electron chi connectivity index (χ0n) is 19.8. The highest BCUT2D eigenvalue weighted by Crippen LogP contribution is 2.36. The molecule has 1 aromatic heterocycles. The van der Waals surface area contributed by atoms with Crippen LogP contribution in [0.2, 0.25) is 0 Å². The third kappa shape index (κ3) is 5.67. The van der Waals surface area contributed by atoms with Crippen LogP contribution in [-0.2, 0) is 5.41 Å². The normalized spacial score (nSPS) is 11.3. The minimum atomic E-state index is -1.52. The van der Waals surface area contributed by atoms with Crippen LogP contribution in [0.3, 0.4) is 0 Å². The summed E-state index contributed by atoms with van der Waals surface area (Å²) in [5, 5.41) is 23.9. The Labute approximate surface area is 223 Å². The topological polar surface area (TPSA) is 53.4 Å². The van der Waals surface area contributed by atoms with Crippen molar-refractivity contribution >= 4 is 66.0 Å². The first-order valence-electron chi connectivity index (χ1n) is 11.3. The fourth-order valence-corrected chi connectivity index (χ4v) is 4.72. The van der Waals surface area contributed by atoms with Crippen LogP contribution in [-0.4, -0.2) is 22.2 Å². The second-order valence-electron chi connectivity index (χ2n) is 9.38. The van der Waals surface area contributed by atoms with Crippen LogP contribution in [0.5, 0.6) is 0 Å². The predicted molar refractivity (Wildman–Crippen MR) is 155 cm³/mol. The molecule has 0 aliphatic rings. The predicted octanol–water partition coefficient (Wildman–Crippen LogP) is 7.24. The summed E-state index contributed by atoms with van der Waals surface area (Å²) in [5.74, 6) is 0. The van der Waals surface area contributed by atoms with Gasteiger partial charge in [0, 0.05) is 10.7 Å². The van der Waals surface area contributed by atoms with Crippen molar-refractivity contribution in [1.29, 1.82) is 0 Å². The van der Waals surface area contributed by atoms with E-state index in [1.807, 2.05) is 48.5 Å². The molecule has 6 heteroatoms. The number of halogens is 2. The third-order valence-corrected chi connectivity index (χ3v) is 6.90. The molecule has 5 rings (SSSR count). The minimum absolute atomic E-state index is 0.105. The maximum Gasteiger partial charge on any atom is 0.489 e. The maximum atomic E-state index is 10.1. The van der Waals surface area contributed by atoms with E-state index in [2.05, 4.69) is 94.0 Å². The van der Waals surface area contributed by atoms with Gasteiger partial charge in [-0.3, -0.25) is 0 Å². The molecule has 176 valence electrons. The molecule has 5 aromatic rings. The molecule has 0 saturated carbocycles. The number of fused-ring (bicyclic) bond motifs is 2. The van der Waals surface area contributed by atoms with Crippen LogP contribution in [0.1, 0.15) is 26.3 Å². The monoisotopic (exact) mass is 589 g/mol. The van der Waals surface area contributed by atoms with Gasteiger partial charge in [0.2, 0.25) is 0 Å². The summed E-state index contributed by atoms with van der Waals surface area (Å²) in [6, 6.07) is 28.4. The van der Waals surface area contributed by atoms with Gasteiger partial charge in [0.25, 0.3) is 0 Å². The van der Waals surface area contributed by atoms with E-state index in [1.54, 1.807) is 6.20 Å². The molecule has 4 aromatic carbocycles. The lowest BCUT2D eigenvalue weighted by Gasteiger charge is -2.20. The van der Waals surface area contributed by atoms with E-state index in [4.69, 9.17) is 0 Å².